The number of benzene rings is 1. The maximum absolute atomic E-state index is 14.2. The van der Waals surface area contributed by atoms with Crippen molar-refractivity contribution in [2.24, 2.45) is 0 Å². The predicted octanol–water partition coefficient (Wildman–Crippen LogP) is 4.58. The summed E-state index contributed by atoms with van der Waals surface area (Å²) in [5.74, 6) is -0.672. The van der Waals surface area contributed by atoms with Crippen LogP contribution < -0.4 is 5.32 Å². The molecule has 3 aromatic rings. The lowest BCUT2D eigenvalue weighted by molar-refractivity contribution is 0.0594. The Balaban J connectivity index is 2.06. The number of furan rings is 1. The minimum Gasteiger partial charge on any atom is -0.467 e. The number of anilines is 1. The number of carbonyl (C=O) groups is 1. The first-order valence-electron chi connectivity index (χ1n) is 7.37. The van der Waals surface area contributed by atoms with Gasteiger partial charge in [0, 0.05) is 5.02 Å². The van der Waals surface area contributed by atoms with Gasteiger partial charge in [0.1, 0.15) is 22.4 Å². The highest BCUT2D eigenvalue weighted by Gasteiger charge is 2.21. The highest BCUT2D eigenvalue weighted by molar-refractivity contribution is 6.35. The number of ether oxygens (including phenoxy) is 1. The van der Waals surface area contributed by atoms with E-state index in [2.05, 4.69) is 20.0 Å². The van der Waals surface area contributed by atoms with E-state index >= 15 is 0 Å². The lowest BCUT2D eigenvalue weighted by atomic mass is 10.2. The Kier molecular flexibility index (Phi) is 5.39. The number of methoxy groups -OCH3 is 1. The number of nitrogens with one attached hydrogen (secondary N) is 1. The van der Waals surface area contributed by atoms with E-state index in [0.29, 0.717) is 5.76 Å². The van der Waals surface area contributed by atoms with Gasteiger partial charge in [-0.3, -0.25) is 0 Å². The van der Waals surface area contributed by atoms with Crippen LogP contribution in [0.15, 0.2) is 41.0 Å². The summed E-state index contributed by atoms with van der Waals surface area (Å²) in [6.07, 6.45) is 1.52. The number of carbonyl (C=O) groups excluding carboxylic acids is 1. The number of rotatable bonds is 5. The summed E-state index contributed by atoms with van der Waals surface area (Å²) < 4.78 is 24.2. The summed E-state index contributed by atoms with van der Waals surface area (Å²) in [6, 6.07) is 7.52. The van der Waals surface area contributed by atoms with Crippen LogP contribution in [-0.2, 0) is 11.3 Å². The molecule has 0 bridgehead atoms. The van der Waals surface area contributed by atoms with Gasteiger partial charge < -0.3 is 14.5 Å². The summed E-state index contributed by atoms with van der Waals surface area (Å²) >= 11 is 12.0. The Morgan fingerprint density at radius 2 is 2.12 bits per heavy atom. The first-order chi connectivity index (χ1) is 12.5. The number of hydrogen-bond acceptors (Lipinski definition) is 6. The quantitative estimate of drug-likeness (QED) is 0.637. The van der Waals surface area contributed by atoms with Crippen LogP contribution in [0.4, 0.5) is 10.2 Å². The Morgan fingerprint density at radius 1 is 1.31 bits per heavy atom. The van der Waals surface area contributed by atoms with Crippen molar-refractivity contribution in [3.63, 3.8) is 0 Å². The van der Waals surface area contributed by atoms with Gasteiger partial charge in [-0.15, -0.1) is 0 Å². The van der Waals surface area contributed by atoms with Crippen LogP contribution >= 0.6 is 23.2 Å². The van der Waals surface area contributed by atoms with Crippen LogP contribution in [0.1, 0.15) is 16.2 Å². The second-order valence-corrected chi connectivity index (χ2v) is 5.92. The van der Waals surface area contributed by atoms with Crippen LogP contribution in [0.5, 0.6) is 0 Å². The molecule has 0 amide bonds. The van der Waals surface area contributed by atoms with E-state index in [-0.39, 0.29) is 39.5 Å². The van der Waals surface area contributed by atoms with Crippen LogP contribution in [0.25, 0.3) is 11.4 Å². The number of hydrogen-bond donors (Lipinski definition) is 1. The Labute approximate surface area is 157 Å². The minimum absolute atomic E-state index is 0.0362. The van der Waals surface area contributed by atoms with Crippen molar-refractivity contribution in [3.05, 3.63) is 63.9 Å². The third-order valence-corrected chi connectivity index (χ3v) is 4.01. The van der Waals surface area contributed by atoms with Gasteiger partial charge in [0.2, 0.25) is 0 Å². The van der Waals surface area contributed by atoms with Crippen LogP contribution in [0.2, 0.25) is 10.0 Å². The normalized spacial score (nSPS) is 10.6. The Hall–Kier alpha value is -2.64. The van der Waals surface area contributed by atoms with E-state index in [1.807, 2.05) is 0 Å². The van der Waals surface area contributed by atoms with Gasteiger partial charge in [-0.1, -0.05) is 23.2 Å². The van der Waals surface area contributed by atoms with Crippen molar-refractivity contribution in [1.29, 1.82) is 0 Å². The molecule has 2 heterocycles. The molecule has 0 atom stereocenters. The van der Waals surface area contributed by atoms with Gasteiger partial charge in [0.05, 0.1) is 25.5 Å². The third kappa shape index (κ3) is 3.79. The van der Waals surface area contributed by atoms with Crippen LogP contribution in [0.3, 0.4) is 0 Å². The molecule has 0 aliphatic carbocycles. The summed E-state index contributed by atoms with van der Waals surface area (Å²) in [6.45, 7) is 0.257. The number of aromatic nitrogens is 2. The van der Waals surface area contributed by atoms with Crippen molar-refractivity contribution in [1.82, 2.24) is 9.97 Å². The molecule has 1 N–H and O–H groups in total. The zero-order chi connectivity index (χ0) is 18.7. The molecule has 2 aromatic heterocycles. The molecule has 3 rings (SSSR count). The van der Waals surface area contributed by atoms with Gasteiger partial charge in [-0.25, -0.2) is 19.2 Å². The van der Waals surface area contributed by atoms with Gasteiger partial charge in [0.15, 0.2) is 11.5 Å². The highest BCUT2D eigenvalue weighted by atomic mass is 35.5. The van der Waals surface area contributed by atoms with Crippen molar-refractivity contribution >= 4 is 35.0 Å². The fourth-order valence-electron chi connectivity index (χ4n) is 2.17. The maximum Gasteiger partial charge on any atom is 0.358 e. The molecule has 0 aliphatic heterocycles. The zero-order valence-corrected chi connectivity index (χ0v) is 14.9. The molecule has 0 saturated heterocycles. The summed E-state index contributed by atoms with van der Waals surface area (Å²) in [5, 5.41) is 3.13. The molecule has 0 aliphatic rings. The molecule has 0 radical (unpaired) electrons. The summed E-state index contributed by atoms with van der Waals surface area (Å²) in [7, 11) is 1.19. The summed E-state index contributed by atoms with van der Waals surface area (Å²) in [5.41, 5.74) is -0.118. The minimum atomic E-state index is -0.769. The van der Waals surface area contributed by atoms with Gasteiger partial charge in [0.25, 0.3) is 0 Å². The number of nitrogens with zero attached hydrogens (tertiary/aromatic N) is 2. The van der Waals surface area contributed by atoms with Crippen molar-refractivity contribution in [2.75, 3.05) is 12.4 Å². The molecule has 6 nitrogen and oxygen atoms in total. The molecular weight excluding hydrogens is 384 g/mol. The van der Waals surface area contributed by atoms with Gasteiger partial charge >= 0.3 is 5.97 Å². The van der Waals surface area contributed by atoms with E-state index in [9.17, 15) is 9.18 Å². The molecular formula is C17H12Cl2FN3O3. The van der Waals surface area contributed by atoms with Gasteiger partial charge in [-0.2, -0.15) is 0 Å². The third-order valence-electron chi connectivity index (χ3n) is 3.41. The van der Waals surface area contributed by atoms with Gasteiger partial charge in [-0.05, 0) is 30.3 Å². The number of esters is 1. The van der Waals surface area contributed by atoms with Crippen LogP contribution in [-0.4, -0.2) is 23.0 Å². The van der Waals surface area contributed by atoms with Crippen LogP contribution in [0, 0.1) is 5.82 Å². The standard InChI is InChI=1S/C17H12Cl2FN3O3/c1-25-17(24)14-13(19)16(21-8-10-3-2-6-26-10)23-15(22-14)11-5-4-9(18)7-12(11)20/h2-7H,8H2,1H3,(H,21,22,23). The van der Waals surface area contributed by atoms with E-state index in [0.717, 1.165) is 6.07 Å². The van der Waals surface area contributed by atoms with Crippen molar-refractivity contribution in [3.8, 4) is 11.4 Å². The van der Waals surface area contributed by atoms with Crippen molar-refractivity contribution in [2.45, 2.75) is 6.54 Å². The second-order valence-electron chi connectivity index (χ2n) is 5.11. The molecule has 134 valence electrons. The average molecular weight is 396 g/mol. The largest absolute Gasteiger partial charge is 0.467 e. The molecule has 0 saturated carbocycles. The smallest absolute Gasteiger partial charge is 0.358 e. The molecule has 0 unspecified atom stereocenters. The fraction of sp³-hybridized carbons (Fsp3) is 0.118. The fourth-order valence-corrected chi connectivity index (χ4v) is 2.56. The highest BCUT2D eigenvalue weighted by Crippen LogP contribution is 2.29. The first kappa shape index (κ1) is 18.2. The van der Waals surface area contributed by atoms with Crippen molar-refractivity contribution < 1.29 is 18.3 Å². The SMILES string of the molecule is COC(=O)c1nc(-c2ccc(Cl)cc2F)nc(NCc2ccco2)c1Cl. The Bertz CT molecular complexity index is 949. The van der Waals surface area contributed by atoms with E-state index in [1.54, 1.807) is 12.1 Å². The van der Waals surface area contributed by atoms with E-state index in [1.165, 1.54) is 25.5 Å². The van der Waals surface area contributed by atoms with E-state index < -0.39 is 11.8 Å². The maximum atomic E-state index is 14.2. The molecule has 26 heavy (non-hydrogen) atoms. The molecule has 1 aromatic carbocycles. The molecule has 9 heteroatoms. The molecule has 0 fully saturated rings. The molecule has 0 spiro atoms. The Morgan fingerprint density at radius 3 is 2.77 bits per heavy atom. The average Bonchev–Trinajstić information content (AvgIpc) is 3.14. The monoisotopic (exact) mass is 395 g/mol. The second kappa shape index (κ2) is 7.72. The van der Waals surface area contributed by atoms with E-state index in [4.69, 9.17) is 27.6 Å². The summed E-state index contributed by atoms with van der Waals surface area (Å²) in [4.78, 5) is 20.3. The number of halogens is 3. The topological polar surface area (TPSA) is 77.2 Å². The first-order valence-corrected chi connectivity index (χ1v) is 8.12. The lowest BCUT2D eigenvalue weighted by Crippen LogP contribution is -2.11. The lowest BCUT2D eigenvalue weighted by Gasteiger charge is -2.12. The zero-order valence-electron chi connectivity index (χ0n) is 13.4. The predicted molar refractivity (Wildman–Crippen MR) is 94.8 cm³/mol.